The zero-order valence-electron chi connectivity index (χ0n) is 16.8. The first kappa shape index (κ1) is 20.4. The van der Waals surface area contributed by atoms with E-state index in [2.05, 4.69) is 15.7 Å². The normalized spacial score (nSPS) is 16.0. The van der Waals surface area contributed by atoms with Crippen LogP contribution in [0.15, 0.2) is 26.1 Å². The number of hydrogen-bond donors (Lipinski definition) is 2. The number of rotatable bonds is 4. The maximum absolute atomic E-state index is 13.2. The molecule has 3 amide bonds. The Hall–Kier alpha value is -1.87. The number of imide groups is 1. The van der Waals surface area contributed by atoms with Crippen LogP contribution in [-0.2, 0) is 47.9 Å². The van der Waals surface area contributed by atoms with Gasteiger partial charge in [0.1, 0.15) is 0 Å². The summed E-state index contributed by atoms with van der Waals surface area (Å²) < 4.78 is 5.07. The molecule has 6 nitrogen and oxygen atoms in total. The molecule has 1 unspecified atom stereocenters. The molecule has 2 aliphatic carbocycles. The van der Waals surface area contributed by atoms with E-state index in [0.717, 1.165) is 71.7 Å². The summed E-state index contributed by atoms with van der Waals surface area (Å²) in [6, 6.07) is 3.70. The van der Waals surface area contributed by atoms with Crippen molar-refractivity contribution in [1.82, 2.24) is 5.32 Å². The molecule has 3 N–H and O–H groups in total. The van der Waals surface area contributed by atoms with Crippen LogP contribution in [0.4, 0.5) is 10.5 Å². The number of aryl methyl sites for hydroxylation is 2. The molecule has 154 valence electrons. The van der Waals surface area contributed by atoms with E-state index < -0.39 is 16.9 Å². The van der Waals surface area contributed by atoms with Crippen molar-refractivity contribution in [2.24, 2.45) is 9.50 Å². The highest BCUT2D eigenvalue weighted by atomic mass is 32.2. The number of nitrogens with two attached hydrogens (primary N) is 1. The number of amides is 3. The van der Waals surface area contributed by atoms with Gasteiger partial charge in [0, 0.05) is 24.3 Å². The van der Waals surface area contributed by atoms with Crippen molar-refractivity contribution in [3.8, 4) is 0 Å². The Morgan fingerprint density at radius 2 is 1.83 bits per heavy atom. The predicted octanol–water partition coefficient (Wildman–Crippen LogP) is 3.65. The van der Waals surface area contributed by atoms with E-state index >= 15 is 0 Å². The molecule has 0 bridgehead atoms. The number of urea groups is 1. The number of nitrogens with zero attached hydrogens (tertiary/aromatic N) is 2. The van der Waals surface area contributed by atoms with Crippen LogP contribution in [0.25, 0.3) is 0 Å². The first-order chi connectivity index (χ1) is 14.0. The molecule has 0 saturated carbocycles. The van der Waals surface area contributed by atoms with Gasteiger partial charge in [-0.05, 0) is 84.8 Å². The molecule has 2 aromatic rings. The van der Waals surface area contributed by atoms with Crippen molar-refractivity contribution >= 4 is 39.8 Å². The topological polar surface area (TPSA) is 87.8 Å². The predicted molar refractivity (Wildman–Crippen MR) is 118 cm³/mol. The lowest BCUT2D eigenvalue weighted by Gasteiger charge is -2.24. The van der Waals surface area contributed by atoms with E-state index in [0.29, 0.717) is 0 Å². The van der Waals surface area contributed by atoms with Crippen LogP contribution in [0.3, 0.4) is 0 Å². The maximum atomic E-state index is 13.2. The first-order valence-electron chi connectivity index (χ1n) is 9.93. The summed E-state index contributed by atoms with van der Waals surface area (Å²) in [4.78, 5) is 27.0. The Kier molecular flexibility index (Phi) is 5.96. The minimum Gasteiger partial charge on any atom is -0.316 e. The first-order valence-corrected chi connectivity index (χ1v) is 12.1. The molecule has 0 fully saturated rings. The Bertz CT molecular complexity index is 980. The standard InChI is InChI=1S/C21H26N4O2S2/c1-13(26)25(21(27)24-29(22)19-9-14(11-23-2)12-28-19)20-17-7-3-5-15(17)10-16-6-4-8-18(16)20/h9-10,12,23H,3-8,11H2,1-2H3,(H2,22,24,27). The summed E-state index contributed by atoms with van der Waals surface area (Å²) in [6.45, 7) is 2.18. The molecule has 0 aliphatic heterocycles. The highest BCUT2D eigenvalue weighted by Gasteiger charge is 2.32. The second-order valence-corrected chi connectivity index (χ2v) is 9.98. The molecule has 8 heteroatoms. The van der Waals surface area contributed by atoms with Crippen molar-refractivity contribution in [2.45, 2.75) is 56.2 Å². The van der Waals surface area contributed by atoms with Crippen LogP contribution in [-0.4, -0.2) is 19.0 Å². The Morgan fingerprint density at radius 1 is 1.17 bits per heavy atom. The van der Waals surface area contributed by atoms with Gasteiger partial charge in [-0.15, -0.1) is 11.3 Å². The van der Waals surface area contributed by atoms with Gasteiger partial charge in [0.2, 0.25) is 5.91 Å². The van der Waals surface area contributed by atoms with Gasteiger partial charge in [0.25, 0.3) is 0 Å². The molecule has 1 aromatic carbocycles. The average Bonchev–Trinajstić information content (AvgIpc) is 3.41. The molecule has 0 radical (unpaired) electrons. The van der Waals surface area contributed by atoms with E-state index in [1.165, 1.54) is 34.3 Å². The van der Waals surface area contributed by atoms with Gasteiger partial charge in [-0.25, -0.2) is 9.69 Å². The maximum Gasteiger partial charge on any atom is 0.362 e. The monoisotopic (exact) mass is 430 g/mol. The van der Waals surface area contributed by atoms with E-state index in [4.69, 9.17) is 5.14 Å². The van der Waals surface area contributed by atoms with Crippen LogP contribution >= 0.6 is 11.3 Å². The minimum atomic E-state index is -1.08. The van der Waals surface area contributed by atoms with E-state index in [9.17, 15) is 9.59 Å². The summed E-state index contributed by atoms with van der Waals surface area (Å²) >= 11 is 1.49. The number of carbonyl (C=O) groups is 2. The SMILES string of the molecule is CNCc1csc(S(N)=NC(=O)N(C(C)=O)c2c3c(cc4c2CCC4)CCC3)c1. The minimum absolute atomic E-state index is 0.299. The Morgan fingerprint density at radius 3 is 2.41 bits per heavy atom. The largest absolute Gasteiger partial charge is 0.362 e. The third kappa shape index (κ3) is 3.94. The highest BCUT2D eigenvalue weighted by Crippen LogP contribution is 2.41. The van der Waals surface area contributed by atoms with Crippen LogP contribution in [0, 0.1) is 0 Å². The molecule has 1 heterocycles. The zero-order chi connectivity index (χ0) is 20.5. The third-order valence-electron chi connectivity index (χ3n) is 5.56. The van der Waals surface area contributed by atoms with Crippen molar-refractivity contribution in [1.29, 1.82) is 0 Å². The fraction of sp³-hybridized carbons (Fsp3) is 0.429. The molecule has 0 spiro atoms. The van der Waals surface area contributed by atoms with Crippen LogP contribution in [0.5, 0.6) is 0 Å². The van der Waals surface area contributed by atoms with Crippen LogP contribution in [0.1, 0.15) is 47.6 Å². The van der Waals surface area contributed by atoms with Crippen molar-refractivity contribution in [3.05, 3.63) is 45.3 Å². The van der Waals surface area contributed by atoms with Crippen molar-refractivity contribution in [3.63, 3.8) is 0 Å². The summed E-state index contributed by atoms with van der Waals surface area (Å²) in [5.74, 6) is -0.299. The zero-order valence-corrected chi connectivity index (χ0v) is 18.4. The summed E-state index contributed by atoms with van der Waals surface area (Å²) in [7, 11) is 0.802. The summed E-state index contributed by atoms with van der Waals surface area (Å²) in [6.07, 6.45) is 5.96. The van der Waals surface area contributed by atoms with Gasteiger partial charge in [0.05, 0.1) is 9.90 Å². The fourth-order valence-electron chi connectivity index (χ4n) is 4.37. The Balaban J connectivity index is 1.72. The second kappa shape index (κ2) is 8.47. The number of anilines is 1. The number of fused-ring (bicyclic) bond motifs is 2. The van der Waals surface area contributed by atoms with Crippen LogP contribution in [0.2, 0.25) is 0 Å². The van der Waals surface area contributed by atoms with Gasteiger partial charge < -0.3 is 5.32 Å². The summed E-state index contributed by atoms with van der Waals surface area (Å²) in [5.41, 5.74) is 6.76. The smallest absolute Gasteiger partial charge is 0.316 e. The molecule has 1 aromatic heterocycles. The van der Waals surface area contributed by atoms with Gasteiger partial charge >= 0.3 is 6.03 Å². The molecule has 1 atom stereocenters. The van der Waals surface area contributed by atoms with Crippen molar-refractivity contribution < 1.29 is 9.59 Å². The molecule has 0 saturated heterocycles. The van der Waals surface area contributed by atoms with Gasteiger partial charge in [-0.1, -0.05) is 6.07 Å². The number of nitrogens with one attached hydrogen (secondary N) is 1. The quantitative estimate of drug-likeness (QED) is 0.775. The van der Waals surface area contributed by atoms with Gasteiger partial charge in [-0.2, -0.15) is 4.36 Å². The Labute approximate surface area is 177 Å². The van der Waals surface area contributed by atoms with Crippen molar-refractivity contribution in [2.75, 3.05) is 11.9 Å². The molecule has 2 aliphatic rings. The molecule has 4 rings (SSSR count). The number of thiophene rings is 1. The fourth-order valence-corrected chi connectivity index (χ4v) is 6.27. The lowest BCUT2D eigenvalue weighted by molar-refractivity contribution is -0.115. The van der Waals surface area contributed by atoms with Gasteiger partial charge in [0.15, 0.2) is 0 Å². The number of hydrogen-bond acceptors (Lipinski definition) is 4. The lowest BCUT2D eigenvalue weighted by Crippen LogP contribution is -2.35. The number of benzene rings is 1. The highest BCUT2D eigenvalue weighted by molar-refractivity contribution is 7.87. The average molecular weight is 431 g/mol. The third-order valence-corrected chi connectivity index (χ3v) is 8.02. The molecule has 29 heavy (non-hydrogen) atoms. The lowest BCUT2D eigenvalue weighted by atomic mass is 9.98. The molecular weight excluding hydrogens is 404 g/mol. The van der Waals surface area contributed by atoms with E-state index in [1.54, 1.807) is 0 Å². The van der Waals surface area contributed by atoms with Gasteiger partial charge in [-0.3, -0.25) is 9.93 Å². The van der Waals surface area contributed by atoms with Crippen LogP contribution < -0.4 is 15.4 Å². The van der Waals surface area contributed by atoms with E-state index in [1.807, 2.05) is 18.5 Å². The van der Waals surface area contributed by atoms with E-state index in [-0.39, 0.29) is 5.91 Å². The molecular formula is C21H26N4O2S2. The second-order valence-electron chi connectivity index (χ2n) is 7.55. The summed E-state index contributed by atoms with van der Waals surface area (Å²) in [5, 5.41) is 11.3. The number of carbonyl (C=O) groups excluding carboxylic acids is 2.